The third-order valence-electron chi connectivity index (χ3n) is 6.51. The molecule has 1 aliphatic rings. The molecule has 6 nitrogen and oxygen atoms in total. The molecule has 1 saturated carbocycles. The Balaban J connectivity index is 1.30. The predicted octanol–water partition coefficient (Wildman–Crippen LogP) is 6.82. The van der Waals surface area contributed by atoms with Crippen LogP contribution in [0.25, 0.3) is 11.0 Å². The zero-order valence-corrected chi connectivity index (χ0v) is 19.7. The largest absolute Gasteiger partial charge is 0.457 e. The van der Waals surface area contributed by atoms with Gasteiger partial charge in [-0.2, -0.15) is 13.2 Å². The highest BCUT2D eigenvalue weighted by Crippen LogP contribution is 2.32. The van der Waals surface area contributed by atoms with Crippen LogP contribution in [-0.2, 0) is 24.4 Å². The lowest BCUT2D eigenvalue weighted by Gasteiger charge is -2.10. The van der Waals surface area contributed by atoms with Gasteiger partial charge in [-0.05, 0) is 55.3 Å². The maximum Gasteiger partial charge on any atom is 0.416 e. The summed E-state index contributed by atoms with van der Waals surface area (Å²) in [6.07, 6.45) is 1.73. The summed E-state index contributed by atoms with van der Waals surface area (Å²) in [5, 5.41) is 3.06. The number of benzene rings is 2. The van der Waals surface area contributed by atoms with Gasteiger partial charge in [0.2, 0.25) is 5.95 Å². The molecule has 0 bridgehead atoms. The molecule has 0 aliphatic heterocycles. The SMILES string of the molecule is Cn1c(Nc2ccc(C(F)(F)F)cc2)nc2cc(Oc3ccnc(CC(=O)C4CCCC4)c3)ccc21. The zero-order chi connectivity index (χ0) is 25.3. The number of nitrogens with zero attached hydrogens (tertiary/aromatic N) is 3. The number of aryl methyl sites for hydroxylation is 1. The Morgan fingerprint density at radius 3 is 2.50 bits per heavy atom. The molecule has 4 aromatic rings. The molecule has 9 heteroatoms. The van der Waals surface area contributed by atoms with Gasteiger partial charge in [-0.15, -0.1) is 0 Å². The van der Waals surface area contributed by atoms with E-state index in [0.717, 1.165) is 43.3 Å². The molecule has 0 atom stereocenters. The number of alkyl halides is 3. The first-order chi connectivity index (χ1) is 17.3. The maximum absolute atomic E-state index is 12.8. The van der Waals surface area contributed by atoms with Gasteiger partial charge in [-0.1, -0.05) is 12.8 Å². The maximum atomic E-state index is 12.8. The number of ketones is 1. The van der Waals surface area contributed by atoms with Crippen LogP contribution >= 0.6 is 0 Å². The third-order valence-corrected chi connectivity index (χ3v) is 6.51. The number of carbonyl (C=O) groups is 1. The van der Waals surface area contributed by atoms with Crippen molar-refractivity contribution in [2.24, 2.45) is 13.0 Å². The van der Waals surface area contributed by atoms with Crippen LogP contribution in [0.5, 0.6) is 11.5 Å². The minimum absolute atomic E-state index is 0.147. The molecule has 186 valence electrons. The monoisotopic (exact) mass is 494 g/mol. The number of nitrogens with one attached hydrogen (secondary N) is 1. The van der Waals surface area contributed by atoms with E-state index in [2.05, 4.69) is 15.3 Å². The summed E-state index contributed by atoms with van der Waals surface area (Å²) in [5.41, 5.74) is 1.96. The summed E-state index contributed by atoms with van der Waals surface area (Å²) in [5.74, 6) is 2.02. The first-order valence-electron chi connectivity index (χ1n) is 11.8. The summed E-state index contributed by atoms with van der Waals surface area (Å²) in [7, 11) is 1.82. The van der Waals surface area contributed by atoms with Crippen LogP contribution in [0.3, 0.4) is 0 Å². The Kier molecular flexibility index (Phi) is 6.38. The number of aromatic nitrogens is 3. The number of Topliss-reactive ketones (excluding diaryl/α,β-unsaturated/α-hetero) is 1. The smallest absolute Gasteiger partial charge is 0.416 e. The van der Waals surface area contributed by atoms with Crippen LogP contribution in [-0.4, -0.2) is 20.3 Å². The first kappa shape index (κ1) is 23.8. The molecule has 2 aromatic carbocycles. The number of hydrogen-bond acceptors (Lipinski definition) is 5. The second kappa shape index (κ2) is 9.64. The molecule has 2 aromatic heterocycles. The fourth-order valence-corrected chi connectivity index (χ4v) is 4.55. The van der Waals surface area contributed by atoms with Crippen molar-refractivity contribution in [3.05, 3.63) is 72.1 Å². The molecule has 0 saturated heterocycles. The number of imidazole rings is 1. The van der Waals surface area contributed by atoms with Crippen molar-refractivity contribution < 1.29 is 22.7 Å². The van der Waals surface area contributed by atoms with Gasteiger partial charge in [0.05, 0.1) is 22.3 Å². The minimum Gasteiger partial charge on any atom is -0.457 e. The Morgan fingerprint density at radius 2 is 1.78 bits per heavy atom. The molecule has 0 spiro atoms. The topological polar surface area (TPSA) is 69.0 Å². The van der Waals surface area contributed by atoms with Crippen molar-refractivity contribution in [2.75, 3.05) is 5.32 Å². The van der Waals surface area contributed by atoms with Gasteiger partial charge in [0.15, 0.2) is 0 Å². The Bertz CT molecular complexity index is 1390. The van der Waals surface area contributed by atoms with E-state index < -0.39 is 11.7 Å². The Labute approximate surface area is 206 Å². The van der Waals surface area contributed by atoms with E-state index in [9.17, 15) is 18.0 Å². The van der Waals surface area contributed by atoms with Crippen molar-refractivity contribution >= 4 is 28.5 Å². The molecule has 0 radical (unpaired) electrons. The van der Waals surface area contributed by atoms with Crippen molar-refractivity contribution in [2.45, 2.75) is 38.3 Å². The molecular weight excluding hydrogens is 469 g/mol. The van der Waals surface area contributed by atoms with Gasteiger partial charge in [0, 0.05) is 43.4 Å². The van der Waals surface area contributed by atoms with Crippen molar-refractivity contribution in [1.29, 1.82) is 0 Å². The molecule has 0 unspecified atom stereocenters. The van der Waals surface area contributed by atoms with Gasteiger partial charge < -0.3 is 14.6 Å². The van der Waals surface area contributed by atoms with Crippen molar-refractivity contribution in [1.82, 2.24) is 14.5 Å². The predicted molar refractivity (Wildman–Crippen MR) is 130 cm³/mol. The number of halogens is 3. The van der Waals surface area contributed by atoms with Crippen molar-refractivity contribution in [3.63, 3.8) is 0 Å². The average Bonchev–Trinajstić information content (AvgIpc) is 3.48. The molecule has 36 heavy (non-hydrogen) atoms. The van der Waals surface area contributed by atoms with Gasteiger partial charge in [0.25, 0.3) is 0 Å². The molecule has 2 heterocycles. The van der Waals surface area contributed by atoms with E-state index in [1.54, 1.807) is 24.4 Å². The molecule has 5 rings (SSSR count). The van der Waals surface area contributed by atoms with Crippen LogP contribution < -0.4 is 10.1 Å². The van der Waals surface area contributed by atoms with Gasteiger partial charge in [-0.25, -0.2) is 4.98 Å². The number of ether oxygens (including phenoxy) is 1. The van der Waals surface area contributed by atoms with Gasteiger partial charge in [0.1, 0.15) is 17.3 Å². The minimum atomic E-state index is -4.38. The van der Waals surface area contributed by atoms with E-state index in [-0.39, 0.29) is 11.7 Å². The highest BCUT2D eigenvalue weighted by atomic mass is 19.4. The van der Waals surface area contributed by atoms with Gasteiger partial charge >= 0.3 is 6.18 Å². The average molecular weight is 495 g/mol. The van der Waals surface area contributed by atoms with E-state index in [1.165, 1.54) is 12.1 Å². The number of hydrogen-bond donors (Lipinski definition) is 1. The second-order valence-electron chi connectivity index (χ2n) is 9.05. The van der Waals surface area contributed by atoms with E-state index in [1.807, 2.05) is 23.7 Å². The molecule has 1 fully saturated rings. The Morgan fingerprint density at radius 1 is 1.06 bits per heavy atom. The lowest BCUT2D eigenvalue weighted by molar-refractivity contribution is -0.137. The molecule has 1 N–H and O–H groups in total. The molecule has 1 aliphatic carbocycles. The number of pyridine rings is 1. The third kappa shape index (κ3) is 5.19. The second-order valence-corrected chi connectivity index (χ2v) is 9.05. The van der Waals surface area contributed by atoms with E-state index in [0.29, 0.717) is 40.8 Å². The summed E-state index contributed by atoms with van der Waals surface area (Å²) in [4.78, 5) is 21.4. The van der Waals surface area contributed by atoms with E-state index in [4.69, 9.17) is 4.74 Å². The standard InChI is InChI=1S/C27H25F3N4O2/c1-34-24-11-10-21(36-22-12-13-31-20(14-22)15-25(35)17-4-2-3-5-17)16-23(24)33-26(34)32-19-8-6-18(7-9-19)27(28,29)30/h6-14,16-17H,2-5,15H2,1H3,(H,32,33). The lowest BCUT2D eigenvalue weighted by atomic mass is 9.99. The van der Waals surface area contributed by atoms with Crippen LogP contribution in [0, 0.1) is 5.92 Å². The quantitative estimate of drug-likeness (QED) is 0.305. The fourth-order valence-electron chi connectivity index (χ4n) is 4.55. The first-order valence-corrected chi connectivity index (χ1v) is 11.8. The van der Waals surface area contributed by atoms with Crippen molar-refractivity contribution in [3.8, 4) is 11.5 Å². The highest BCUT2D eigenvalue weighted by molar-refractivity contribution is 5.83. The Hall–Kier alpha value is -3.88. The van der Waals surface area contributed by atoms with E-state index >= 15 is 0 Å². The summed E-state index contributed by atoms with van der Waals surface area (Å²) in [6, 6.07) is 13.8. The van der Waals surface area contributed by atoms with Crippen LogP contribution in [0.2, 0.25) is 0 Å². The number of rotatable bonds is 7. The fraction of sp³-hybridized carbons (Fsp3) is 0.296. The highest BCUT2D eigenvalue weighted by Gasteiger charge is 2.30. The number of carbonyl (C=O) groups excluding carboxylic acids is 1. The van der Waals surface area contributed by atoms with Gasteiger partial charge in [-0.3, -0.25) is 9.78 Å². The van der Waals surface area contributed by atoms with Crippen LogP contribution in [0.15, 0.2) is 60.8 Å². The molecular formula is C27H25F3N4O2. The zero-order valence-electron chi connectivity index (χ0n) is 19.7. The normalized spacial score (nSPS) is 14.3. The molecule has 0 amide bonds. The lowest BCUT2D eigenvalue weighted by Crippen LogP contribution is -2.14. The van der Waals surface area contributed by atoms with Crippen LogP contribution in [0.1, 0.15) is 36.9 Å². The number of fused-ring (bicyclic) bond motifs is 1. The summed E-state index contributed by atoms with van der Waals surface area (Å²) in [6.45, 7) is 0. The number of anilines is 2. The summed E-state index contributed by atoms with van der Waals surface area (Å²) >= 11 is 0. The van der Waals surface area contributed by atoms with Crippen LogP contribution in [0.4, 0.5) is 24.8 Å². The summed E-state index contributed by atoms with van der Waals surface area (Å²) < 4.78 is 46.3.